The lowest BCUT2D eigenvalue weighted by Gasteiger charge is -2.53. The average Bonchev–Trinajstić information content (AvgIpc) is 2.41. The molecule has 118 valence electrons. The first kappa shape index (κ1) is 17.9. The molecule has 0 radical (unpaired) electrons. The van der Waals surface area contributed by atoms with Crippen LogP contribution in [-0.4, -0.2) is 25.8 Å². The van der Waals surface area contributed by atoms with Gasteiger partial charge in [0.1, 0.15) is 6.79 Å². The fraction of sp³-hybridized carbons (Fsp3) is 0.765. The van der Waals surface area contributed by atoms with Crippen LogP contribution in [0.2, 0.25) is 0 Å². The van der Waals surface area contributed by atoms with Crippen molar-refractivity contribution in [3.63, 3.8) is 0 Å². The molecule has 4 nitrogen and oxygen atoms in total. The Balaban J connectivity index is 0.00000220. The summed E-state index contributed by atoms with van der Waals surface area (Å²) in [5.74, 6) is 0.186. The van der Waals surface area contributed by atoms with Crippen molar-refractivity contribution in [2.45, 2.75) is 53.6 Å². The van der Waals surface area contributed by atoms with Gasteiger partial charge in [-0.25, -0.2) is 4.85 Å². The number of carbonyl (C=O) groups is 1. The normalized spacial score (nSPS) is 34.2. The summed E-state index contributed by atoms with van der Waals surface area (Å²) in [4.78, 5) is 15.9. The van der Waals surface area contributed by atoms with Crippen molar-refractivity contribution >= 4 is 5.78 Å². The lowest BCUT2D eigenvalue weighted by atomic mass is 9.52. The van der Waals surface area contributed by atoms with E-state index in [0.717, 1.165) is 19.3 Å². The van der Waals surface area contributed by atoms with E-state index in [4.69, 9.17) is 16.0 Å². The maximum atomic E-state index is 12.4. The molecule has 0 aliphatic heterocycles. The zero-order valence-electron chi connectivity index (χ0n) is 12.7. The summed E-state index contributed by atoms with van der Waals surface area (Å²) in [6.07, 6.45) is 4.86. The Kier molecular flexibility index (Phi) is 5.35. The zero-order valence-corrected chi connectivity index (χ0v) is 12.7. The van der Waals surface area contributed by atoms with Gasteiger partial charge in [-0.15, -0.1) is 0 Å². The number of hydrogen-bond acceptors (Lipinski definition) is 3. The number of hydrogen-bond donors (Lipinski definition) is 0. The summed E-state index contributed by atoms with van der Waals surface area (Å²) >= 11 is 0. The molecule has 0 spiro atoms. The van der Waals surface area contributed by atoms with Gasteiger partial charge in [-0.1, -0.05) is 40.7 Å². The molecular weight excluding hydrogens is 266 g/mol. The third kappa shape index (κ3) is 2.77. The topological polar surface area (TPSA) is 39.9 Å². The molecular formula is C17H27NO3. The van der Waals surface area contributed by atoms with Crippen molar-refractivity contribution in [3.05, 3.63) is 23.2 Å². The van der Waals surface area contributed by atoms with Gasteiger partial charge in [0.05, 0.1) is 12.7 Å². The van der Waals surface area contributed by atoms with Crippen LogP contribution in [0.3, 0.4) is 0 Å². The number of ketones is 1. The monoisotopic (exact) mass is 293 g/mol. The second-order valence-electron chi connectivity index (χ2n) is 6.60. The van der Waals surface area contributed by atoms with E-state index in [9.17, 15) is 4.79 Å². The van der Waals surface area contributed by atoms with E-state index in [1.165, 1.54) is 0 Å². The summed E-state index contributed by atoms with van der Waals surface area (Å²) in [5, 5.41) is 0. The number of rotatable bonds is 3. The van der Waals surface area contributed by atoms with Crippen LogP contribution < -0.4 is 0 Å². The molecule has 0 N–H and O–H groups in total. The molecule has 0 saturated heterocycles. The van der Waals surface area contributed by atoms with Gasteiger partial charge < -0.3 is 14.3 Å². The van der Waals surface area contributed by atoms with Crippen molar-refractivity contribution in [1.82, 2.24) is 0 Å². The first-order valence-corrected chi connectivity index (χ1v) is 7.13. The minimum atomic E-state index is -0.502. The average molecular weight is 293 g/mol. The van der Waals surface area contributed by atoms with Gasteiger partial charge in [0.25, 0.3) is 0 Å². The number of allylic oxidation sites excluding steroid dienone is 1. The lowest BCUT2D eigenvalue weighted by molar-refractivity contribution is -0.157. The lowest BCUT2D eigenvalue weighted by Crippen LogP contribution is -2.54. The van der Waals surface area contributed by atoms with Crippen molar-refractivity contribution in [2.75, 3.05) is 13.9 Å². The van der Waals surface area contributed by atoms with E-state index in [1.54, 1.807) is 7.11 Å². The van der Waals surface area contributed by atoms with Crippen LogP contribution in [0.1, 0.15) is 47.5 Å². The van der Waals surface area contributed by atoms with Gasteiger partial charge in [0.2, 0.25) is 5.70 Å². The molecule has 0 aromatic rings. The highest BCUT2D eigenvalue weighted by atomic mass is 16.7. The smallest absolute Gasteiger partial charge is 0.226 e. The number of methoxy groups -OCH3 is 1. The van der Waals surface area contributed by atoms with E-state index in [2.05, 4.69) is 11.8 Å². The molecule has 4 heteroatoms. The maximum Gasteiger partial charge on any atom is 0.226 e. The Bertz CT molecular complexity index is 475. The second-order valence-corrected chi connectivity index (χ2v) is 6.60. The molecule has 2 aliphatic rings. The van der Waals surface area contributed by atoms with E-state index < -0.39 is 5.41 Å². The van der Waals surface area contributed by atoms with Crippen molar-refractivity contribution < 1.29 is 14.3 Å². The van der Waals surface area contributed by atoms with E-state index in [-0.39, 0.29) is 43.1 Å². The third-order valence-electron chi connectivity index (χ3n) is 5.05. The Morgan fingerprint density at radius 3 is 2.62 bits per heavy atom. The van der Waals surface area contributed by atoms with Gasteiger partial charge in [0.15, 0.2) is 5.78 Å². The predicted molar refractivity (Wildman–Crippen MR) is 82.4 cm³/mol. The Morgan fingerprint density at radius 2 is 2.05 bits per heavy atom. The Labute approximate surface area is 128 Å². The molecule has 2 aliphatic carbocycles. The summed E-state index contributed by atoms with van der Waals surface area (Å²) < 4.78 is 10.9. The first-order valence-electron chi connectivity index (χ1n) is 7.13. The largest absolute Gasteiger partial charge is 0.359 e. The predicted octanol–water partition coefficient (Wildman–Crippen LogP) is 3.83. The number of ether oxygens (including phenoxy) is 2. The van der Waals surface area contributed by atoms with Gasteiger partial charge in [-0.3, -0.25) is 0 Å². The molecule has 0 unspecified atom stereocenters. The Morgan fingerprint density at radius 1 is 1.38 bits per heavy atom. The SMILES string of the molecule is C.[C-]#[N+]C1=C[C@]2(C)[C@@H](OCOC)CCC[C@H]2C(C)(C)C1=O. The summed E-state index contributed by atoms with van der Waals surface area (Å²) in [5.41, 5.74) is -0.506. The highest BCUT2D eigenvalue weighted by Crippen LogP contribution is 2.56. The number of fused-ring (bicyclic) bond motifs is 1. The summed E-state index contributed by atoms with van der Waals surface area (Å²) in [6, 6.07) is 0. The molecule has 1 saturated carbocycles. The Hall–Kier alpha value is -1.18. The van der Waals surface area contributed by atoms with E-state index in [1.807, 2.05) is 19.9 Å². The molecule has 0 bridgehead atoms. The second kappa shape index (κ2) is 6.29. The summed E-state index contributed by atoms with van der Waals surface area (Å²) in [7, 11) is 1.61. The molecule has 0 amide bonds. The highest BCUT2D eigenvalue weighted by molar-refractivity contribution is 6.02. The van der Waals surface area contributed by atoms with Gasteiger partial charge in [-0.05, 0) is 18.8 Å². The molecule has 0 heterocycles. The minimum absolute atomic E-state index is 0. The fourth-order valence-electron chi connectivity index (χ4n) is 4.03. The number of nitrogens with zero attached hydrogens (tertiary/aromatic N) is 1. The molecule has 0 aromatic heterocycles. The van der Waals surface area contributed by atoms with Crippen molar-refractivity contribution in [3.8, 4) is 0 Å². The summed E-state index contributed by atoms with van der Waals surface area (Å²) in [6.45, 7) is 13.6. The van der Waals surface area contributed by atoms with Gasteiger partial charge in [0, 0.05) is 17.9 Å². The molecule has 21 heavy (non-hydrogen) atoms. The quantitative estimate of drug-likeness (QED) is 0.586. The van der Waals surface area contributed by atoms with Crippen LogP contribution >= 0.6 is 0 Å². The minimum Gasteiger partial charge on any atom is -0.359 e. The van der Waals surface area contributed by atoms with Crippen LogP contribution in [-0.2, 0) is 14.3 Å². The first-order chi connectivity index (χ1) is 9.37. The molecule has 0 aromatic carbocycles. The van der Waals surface area contributed by atoms with Crippen molar-refractivity contribution in [2.24, 2.45) is 16.7 Å². The molecule has 3 atom stereocenters. The number of Topliss-reactive ketones (excluding diaryl/α,β-unsaturated/α-hetero) is 1. The fourth-order valence-corrected chi connectivity index (χ4v) is 4.03. The van der Waals surface area contributed by atoms with Crippen LogP contribution in [0.5, 0.6) is 0 Å². The zero-order chi connectivity index (χ0) is 15.0. The van der Waals surface area contributed by atoms with Crippen LogP contribution in [0.4, 0.5) is 0 Å². The van der Waals surface area contributed by atoms with Crippen LogP contribution in [0.25, 0.3) is 4.85 Å². The van der Waals surface area contributed by atoms with Crippen LogP contribution in [0, 0.1) is 23.3 Å². The molecule has 2 rings (SSSR count). The van der Waals surface area contributed by atoms with E-state index in [0.29, 0.717) is 0 Å². The third-order valence-corrected chi connectivity index (χ3v) is 5.05. The molecule has 1 fully saturated rings. The van der Waals surface area contributed by atoms with Crippen molar-refractivity contribution in [1.29, 1.82) is 0 Å². The standard InChI is InChI=1S/C16H23NO3.CH4/c1-15(2)12-7-6-8-13(20-10-19-5)16(12,3)9-11(17-4)14(15)18;/h9,12-13H,6-8,10H2,1-3,5H3;1H4/t12-,13-,16-;/m0./s1. The highest BCUT2D eigenvalue weighted by Gasteiger charge is 2.55. The van der Waals surface area contributed by atoms with Crippen LogP contribution in [0.15, 0.2) is 11.8 Å². The number of carbonyl (C=O) groups excluding carboxylic acids is 1. The van der Waals surface area contributed by atoms with Gasteiger partial charge >= 0.3 is 0 Å². The van der Waals surface area contributed by atoms with E-state index >= 15 is 0 Å². The maximum absolute atomic E-state index is 12.4. The van der Waals surface area contributed by atoms with Gasteiger partial charge in [-0.2, -0.15) is 0 Å².